The Morgan fingerprint density at radius 1 is 1.43 bits per heavy atom. The van der Waals surface area contributed by atoms with Crippen molar-refractivity contribution in [2.24, 2.45) is 0 Å². The largest absolute Gasteiger partial charge is 0.447 e. The number of nitrogens with one attached hydrogen (secondary N) is 1. The molecule has 14 heavy (non-hydrogen) atoms. The van der Waals surface area contributed by atoms with Crippen LogP contribution in [0.4, 0.5) is 10.5 Å². The van der Waals surface area contributed by atoms with Crippen molar-refractivity contribution in [2.45, 2.75) is 4.90 Å². The highest BCUT2D eigenvalue weighted by Gasteiger charge is 2.01. The maximum Gasteiger partial charge on any atom is 0.411 e. The number of carbonyl (C=O) groups excluding carboxylic acids is 1. The third-order valence-electron chi connectivity index (χ3n) is 1.44. The van der Waals surface area contributed by atoms with E-state index in [4.69, 9.17) is 5.11 Å². The normalized spacial score (nSPS) is 9.57. The standard InChI is InChI=1S/C9H11NO3S/c11-5-6-13-9(12)10-7-1-3-8(14)4-2-7/h1-4,11,14H,5-6H2,(H,10,12). The molecule has 76 valence electrons. The van der Waals surface area contributed by atoms with E-state index in [0.717, 1.165) is 4.90 Å². The molecule has 0 bridgehead atoms. The highest BCUT2D eigenvalue weighted by atomic mass is 32.1. The SMILES string of the molecule is O=C(Nc1ccc(S)cc1)OCCO. The molecule has 0 radical (unpaired) electrons. The summed E-state index contributed by atoms with van der Waals surface area (Å²) in [5.74, 6) is 0. The van der Waals surface area contributed by atoms with Crippen molar-refractivity contribution in [3.63, 3.8) is 0 Å². The van der Waals surface area contributed by atoms with E-state index in [-0.39, 0.29) is 13.2 Å². The van der Waals surface area contributed by atoms with Gasteiger partial charge in [-0.2, -0.15) is 0 Å². The van der Waals surface area contributed by atoms with Crippen LogP contribution in [0.25, 0.3) is 0 Å². The summed E-state index contributed by atoms with van der Waals surface area (Å²) < 4.78 is 4.61. The number of hydrogen-bond acceptors (Lipinski definition) is 4. The zero-order chi connectivity index (χ0) is 10.4. The van der Waals surface area contributed by atoms with E-state index < -0.39 is 6.09 Å². The first kappa shape index (κ1) is 10.9. The number of amides is 1. The van der Waals surface area contributed by atoms with Crippen molar-refractivity contribution in [1.82, 2.24) is 0 Å². The molecule has 0 atom stereocenters. The predicted molar refractivity (Wildman–Crippen MR) is 55.8 cm³/mol. The van der Waals surface area contributed by atoms with Gasteiger partial charge in [-0.1, -0.05) is 0 Å². The number of aliphatic hydroxyl groups excluding tert-OH is 1. The average Bonchev–Trinajstić information content (AvgIpc) is 2.18. The Morgan fingerprint density at radius 2 is 2.07 bits per heavy atom. The van der Waals surface area contributed by atoms with Gasteiger partial charge in [-0.25, -0.2) is 4.79 Å². The van der Waals surface area contributed by atoms with Crippen LogP contribution >= 0.6 is 12.6 Å². The molecule has 0 aliphatic carbocycles. The van der Waals surface area contributed by atoms with E-state index in [9.17, 15) is 4.79 Å². The molecular formula is C9H11NO3S. The number of rotatable bonds is 3. The third-order valence-corrected chi connectivity index (χ3v) is 1.74. The first-order valence-electron chi connectivity index (χ1n) is 4.06. The van der Waals surface area contributed by atoms with Crippen LogP contribution in [0.5, 0.6) is 0 Å². The molecule has 1 aromatic carbocycles. The lowest BCUT2D eigenvalue weighted by Gasteiger charge is -2.05. The van der Waals surface area contributed by atoms with Crippen molar-refractivity contribution in [3.05, 3.63) is 24.3 Å². The van der Waals surface area contributed by atoms with E-state index in [1.54, 1.807) is 24.3 Å². The monoisotopic (exact) mass is 213 g/mol. The zero-order valence-electron chi connectivity index (χ0n) is 7.43. The minimum absolute atomic E-state index is 0.00349. The molecule has 0 spiro atoms. The predicted octanol–water partition coefficient (Wildman–Crippen LogP) is 1.52. The van der Waals surface area contributed by atoms with Crippen molar-refractivity contribution in [1.29, 1.82) is 0 Å². The number of ether oxygens (including phenoxy) is 1. The number of aliphatic hydroxyl groups is 1. The van der Waals surface area contributed by atoms with Crippen molar-refractivity contribution in [3.8, 4) is 0 Å². The van der Waals surface area contributed by atoms with Gasteiger partial charge < -0.3 is 9.84 Å². The number of hydrogen-bond donors (Lipinski definition) is 3. The molecule has 1 amide bonds. The maximum absolute atomic E-state index is 11.0. The average molecular weight is 213 g/mol. The molecule has 0 saturated carbocycles. The number of carbonyl (C=O) groups is 1. The van der Waals surface area contributed by atoms with Crippen LogP contribution in [0, 0.1) is 0 Å². The first-order valence-corrected chi connectivity index (χ1v) is 4.51. The molecule has 0 heterocycles. The van der Waals surface area contributed by atoms with Crippen molar-refractivity contribution < 1.29 is 14.6 Å². The van der Waals surface area contributed by atoms with Crippen LogP contribution in [0.15, 0.2) is 29.2 Å². The Labute approximate surface area is 87.3 Å². The summed E-state index contributed by atoms with van der Waals surface area (Å²) in [5, 5.41) is 10.9. The van der Waals surface area contributed by atoms with Crippen LogP contribution in [0.2, 0.25) is 0 Å². The summed E-state index contributed by atoms with van der Waals surface area (Å²) in [6, 6.07) is 6.93. The summed E-state index contributed by atoms with van der Waals surface area (Å²) in [6.07, 6.45) is -0.578. The Morgan fingerprint density at radius 3 is 2.64 bits per heavy atom. The Balaban J connectivity index is 2.44. The van der Waals surface area contributed by atoms with Crippen LogP contribution < -0.4 is 5.32 Å². The summed E-state index contributed by atoms with van der Waals surface area (Å²) in [6.45, 7) is -0.181. The fourth-order valence-electron chi connectivity index (χ4n) is 0.837. The molecule has 5 heteroatoms. The van der Waals surface area contributed by atoms with Gasteiger partial charge in [0, 0.05) is 10.6 Å². The highest BCUT2D eigenvalue weighted by Crippen LogP contribution is 2.11. The Hall–Kier alpha value is -1.20. The molecule has 1 rings (SSSR count). The highest BCUT2D eigenvalue weighted by molar-refractivity contribution is 7.80. The summed E-state index contributed by atoms with van der Waals surface area (Å²) in [7, 11) is 0. The van der Waals surface area contributed by atoms with Crippen molar-refractivity contribution >= 4 is 24.4 Å². The number of benzene rings is 1. The lowest BCUT2D eigenvalue weighted by Crippen LogP contribution is -2.15. The molecular weight excluding hydrogens is 202 g/mol. The summed E-state index contributed by atoms with van der Waals surface area (Å²) in [5.41, 5.74) is 0.630. The van der Waals surface area contributed by atoms with Crippen LogP contribution in [0.1, 0.15) is 0 Å². The van der Waals surface area contributed by atoms with Gasteiger partial charge in [0.25, 0.3) is 0 Å². The fraction of sp³-hybridized carbons (Fsp3) is 0.222. The Bertz CT molecular complexity index is 299. The smallest absolute Gasteiger partial charge is 0.411 e. The van der Waals surface area contributed by atoms with Gasteiger partial charge in [0.1, 0.15) is 6.61 Å². The zero-order valence-corrected chi connectivity index (χ0v) is 8.33. The van der Waals surface area contributed by atoms with Gasteiger partial charge in [-0.15, -0.1) is 12.6 Å². The quantitative estimate of drug-likeness (QED) is 0.667. The lowest BCUT2D eigenvalue weighted by atomic mass is 10.3. The number of thiol groups is 1. The minimum Gasteiger partial charge on any atom is -0.447 e. The second-order valence-corrected chi connectivity index (χ2v) is 3.05. The molecule has 0 aliphatic rings. The lowest BCUT2D eigenvalue weighted by molar-refractivity contribution is 0.131. The van der Waals surface area contributed by atoms with Crippen LogP contribution in [-0.2, 0) is 4.74 Å². The van der Waals surface area contributed by atoms with Gasteiger partial charge in [0.15, 0.2) is 0 Å². The van der Waals surface area contributed by atoms with Crippen molar-refractivity contribution in [2.75, 3.05) is 18.5 Å². The molecule has 0 aliphatic heterocycles. The van der Waals surface area contributed by atoms with Gasteiger partial charge in [0.05, 0.1) is 6.61 Å². The van der Waals surface area contributed by atoms with E-state index in [1.807, 2.05) is 0 Å². The van der Waals surface area contributed by atoms with E-state index in [0.29, 0.717) is 5.69 Å². The number of anilines is 1. The van der Waals surface area contributed by atoms with E-state index >= 15 is 0 Å². The van der Waals surface area contributed by atoms with Gasteiger partial charge >= 0.3 is 6.09 Å². The third kappa shape index (κ3) is 3.68. The maximum atomic E-state index is 11.0. The molecule has 0 saturated heterocycles. The second-order valence-electron chi connectivity index (χ2n) is 2.53. The molecule has 1 aromatic rings. The second kappa shape index (κ2) is 5.51. The topological polar surface area (TPSA) is 58.6 Å². The van der Waals surface area contributed by atoms with Gasteiger partial charge in [-0.3, -0.25) is 5.32 Å². The van der Waals surface area contributed by atoms with Gasteiger partial charge in [-0.05, 0) is 24.3 Å². The minimum atomic E-state index is -0.578. The molecule has 2 N–H and O–H groups in total. The molecule has 0 fully saturated rings. The molecule has 4 nitrogen and oxygen atoms in total. The Kier molecular flexibility index (Phi) is 4.28. The van der Waals surface area contributed by atoms with Gasteiger partial charge in [0.2, 0.25) is 0 Å². The summed E-state index contributed by atoms with van der Waals surface area (Å²) in [4.78, 5) is 11.8. The van der Waals surface area contributed by atoms with Crippen LogP contribution in [-0.4, -0.2) is 24.4 Å². The van der Waals surface area contributed by atoms with Crippen LogP contribution in [0.3, 0.4) is 0 Å². The fourth-order valence-corrected chi connectivity index (χ4v) is 0.986. The van der Waals surface area contributed by atoms with E-state index in [1.165, 1.54) is 0 Å². The summed E-state index contributed by atoms with van der Waals surface area (Å²) >= 11 is 4.10. The molecule has 0 unspecified atom stereocenters. The molecule has 0 aromatic heterocycles. The van der Waals surface area contributed by atoms with E-state index in [2.05, 4.69) is 22.7 Å². The first-order chi connectivity index (χ1) is 6.72.